The fourth-order valence-corrected chi connectivity index (χ4v) is 4.24. The molecule has 2 aromatic carbocycles. The molecule has 1 aliphatic rings. The minimum absolute atomic E-state index is 0.0523. The second kappa shape index (κ2) is 8.15. The summed E-state index contributed by atoms with van der Waals surface area (Å²) >= 11 is 0. The maximum Gasteiger partial charge on any atom is 0.227 e. The SMILES string of the molecule is CC(Nc1nc(N2CCOCC2)c2ncn(C(C)C)c2n1)c1cccc2ccccc12. The summed E-state index contributed by atoms with van der Waals surface area (Å²) in [6.07, 6.45) is 1.87. The minimum atomic E-state index is 0.0523. The van der Waals surface area contributed by atoms with Crippen LogP contribution in [0.4, 0.5) is 11.8 Å². The molecule has 1 fully saturated rings. The van der Waals surface area contributed by atoms with Gasteiger partial charge in [-0.1, -0.05) is 42.5 Å². The number of fused-ring (bicyclic) bond motifs is 2. The first-order valence-electron chi connectivity index (χ1n) is 10.9. The molecular formula is C24H28N6O. The van der Waals surface area contributed by atoms with Gasteiger partial charge in [-0.05, 0) is 37.1 Å². The van der Waals surface area contributed by atoms with Crippen molar-refractivity contribution in [3.63, 3.8) is 0 Å². The molecule has 0 aliphatic carbocycles. The summed E-state index contributed by atoms with van der Waals surface area (Å²) in [5.41, 5.74) is 2.94. The molecule has 0 spiro atoms. The van der Waals surface area contributed by atoms with Crippen molar-refractivity contribution in [2.75, 3.05) is 36.5 Å². The van der Waals surface area contributed by atoms with Gasteiger partial charge in [0, 0.05) is 19.1 Å². The summed E-state index contributed by atoms with van der Waals surface area (Å²) in [6.45, 7) is 9.45. The molecule has 160 valence electrons. The second-order valence-electron chi connectivity index (χ2n) is 8.32. The van der Waals surface area contributed by atoms with E-state index >= 15 is 0 Å². The van der Waals surface area contributed by atoms with E-state index in [1.54, 1.807) is 0 Å². The standard InChI is InChI=1S/C24H28N6O/c1-16(2)30-15-25-21-22(29-11-13-31-14-12-29)27-24(28-23(21)30)26-17(3)19-10-6-8-18-7-4-5-9-20(18)19/h4-10,15-17H,11-14H2,1-3H3,(H,26,27,28). The molecule has 5 rings (SSSR count). The van der Waals surface area contributed by atoms with Gasteiger partial charge < -0.3 is 19.5 Å². The number of imidazole rings is 1. The fourth-order valence-electron chi connectivity index (χ4n) is 4.24. The fraction of sp³-hybridized carbons (Fsp3) is 0.375. The number of benzene rings is 2. The number of aromatic nitrogens is 4. The van der Waals surface area contributed by atoms with Gasteiger partial charge in [0.05, 0.1) is 25.6 Å². The van der Waals surface area contributed by atoms with Crippen LogP contribution in [0.1, 0.15) is 38.4 Å². The van der Waals surface area contributed by atoms with Crippen molar-refractivity contribution in [1.29, 1.82) is 0 Å². The van der Waals surface area contributed by atoms with E-state index in [9.17, 15) is 0 Å². The van der Waals surface area contributed by atoms with Gasteiger partial charge in [0.1, 0.15) is 0 Å². The Morgan fingerprint density at radius 3 is 2.55 bits per heavy atom. The Kier molecular flexibility index (Phi) is 5.19. The predicted molar refractivity (Wildman–Crippen MR) is 125 cm³/mol. The first-order valence-corrected chi connectivity index (χ1v) is 10.9. The summed E-state index contributed by atoms with van der Waals surface area (Å²) in [5.74, 6) is 1.50. The highest BCUT2D eigenvalue weighted by Crippen LogP contribution is 2.30. The highest BCUT2D eigenvalue weighted by atomic mass is 16.5. The lowest BCUT2D eigenvalue weighted by atomic mass is 10.00. The molecule has 0 bridgehead atoms. The van der Waals surface area contributed by atoms with Gasteiger partial charge in [0.25, 0.3) is 0 Å². The molecule has 7 nitrogen and oxygen atoms in total. The van der Waals surface area contributed by atoms with Crippen molar-refractivity contribution in [1.82, 2.24) is 19.5 Å². The van der Waals surface area contributed by atoms with Gasteiger partial charge in [-0.2, -0.15) is 9.97 Å². The third-order valence-electron chi connectivity index (χ3n) is 5.91. The van der Waals surface area contributed by atoms with Gasteiger partial charge in [-0.3, -0.25) is 0 Å². The van der Waals surface area contributed by atoms with Crippen LogP contribution in [-0.4, -0.2) is 45.8 Å². The topological polar surface area (TPSA) is 68.1 Å². The quantitative estimate of drug-likeness (QED) is 0.514. The number of rotatable bonds is 5. The molecule has 0 amide bonds. The van der Waals surface area contributed by atoms with E-state index in [1.807, 2.05) is 6.33 Å². The summed E-state index contributed by atoms with van der Waals surface area (Å²) < 4.78 is 7.65. The van der Waals surface area contributed by atoms with Crippen molar-refractivity contribution in [2.45, 2.75) is 32.9 Å². The number of hydrogen-bond acceptors (Lipinski definition) is 6. The maximum absolute atomic E-state index is 5.54. The Hall–Kier alpha value is -3.19. The van der Waals surface area contributed by atoms with Crippen LogP contribution in [0.2, 0.25) is 0 Å². The summed E-state index contributed by atoms with van der Waals surface area (Å²) in [6, 6.07) is 15.2. The lowest BCUT2D eigenvalue weighted by molar-refractivity contribution is 0.122. The van der Waals surface area contributed by atoms with Crippen LogP contribution < -0.4 is 10.2 Å². The molecule has 7 heteroatoms. The Morgan fingerprint density at radius 2 is 1.74 bits per heavy atom. The Labute approximate surface area is 182 Å². The molecule has 31 heavy (non-hydrogen) atoms. The molecule has 1 unspecified atom stereocenters. The summed E-state index contributed by atoms with van der Waals surface area (Å²) in [5, 5.41) is 6.03. The average Bonchev–Trinajstić information content (AvgIpc) is 3.23. The zero-order valence-electron chi connectivity index (χ0n) is 18.2. The predicted octanol–water partition coefficient (Wildman–Crippen LogP) is 4.57. The summed E-state index contributed by atoms with van der Waals surface area (Å²) in [4.78, 5) is 16.7. The molecule has 0 radical (unpaired) electrons. The first-order chi connectivity index (χ1) is 15.1. The molecule has 1 atom stereocenters. The molecule has 0 saturated carbocycles. The van der Waals surface area contributed by atoms with Crippen LogP contribution in [0.3, 0.4) is 0 Å². The third-order valence-corrected chi connectivity index (χ3v) is 5.91. The zero-order chi connectivity index (χ0) is 21.4. The van der Waals surface area contributed by atoms with Crippen molar-refractivity contribution >= 4 is 33.7 Å². The van der Waals surface area contributed by atoms with Crippen molar-refractivity contribution in [3.05, 3.63) is 54.4 Å². The highest BCUT2D eigenvalue weighted by molar-refractivity contribution is 5.87. The third kappa shape index (κ3) is 3.70. The molecule has 1 saturated heterocycles. The maximum atomic E-state index is 5.54. The number of anilines is 2. The second-order valence-corrected chi connectivity index (χ2v) is 8.32. The normalized spacial score (nSPS) is 15.7. The van der Waals surface area contributed by atoms with Crippen LogP contribution in [0.25, 0.3) is 21.9 Å². The first kappa shape index (κ1) is 19.8. The van der Waals surface area contributed by atoms with Crippen LogP contribution in [-0.2, 0) is 4.74 Å². The van der Waals surface area contributed by atoms with Gasteiger partial charge in [0.2, 0.25) is 5.95 Å². The number of morpholine rings is 1. The number of hydrogen-bond donors (Lipinski definition) is 1. The zero-order valence-corrected chi connectivity index (χ0v) is 18.2. The van der Waals surface area contributed by atoms with E-state index in [2.05, 4.69) is 83.0 Å². The van der Waals surface area contributed by atoms with Gasteiger partial charge in [0.15, 0.2) is 17.0 Å². The lowest BCUT2D eigenvalue weighted by Crippen LogP contribution is -2.37. The Bertz CT molecular complexity index is 1210. The van der Waals surface area contributed by atoms with E-state index in [1.165, 1.54) is 16.3 Å². The van der Waals surface area contributed by atoms with Gasteiger partial charge >= 0.3 is 0 Å². The molecule has 4 aromatic rings. The number of nitrogens with one attached hydrogen (secondary N) is 1. The monoisotopic (exact) mass is 416 g/mol. The lowest BCUT2D eigenvalue weighted by Gasteiger charge is -2.28. The van der Waals surface area contributed by atoms with Crippen LogP contribution in [0.15, 0.2) is 48.8 Å². The van der Waals surface area contributed by atoms with E-state index in [4.69, 9.17) is 14.7 Å². The molecule has 1 N–H and O–H groups in total. The van der Waals surface area contributed by atoms with E-state index < -0.39 is 0 Å². The molecule has 3 heterocycles. The van der Waals surface area contributed by atoms with Gasteiger partial charge in [-0.15, -0.1) is 0 Å². The van der Waals surface area contributed by atoms with Crippen molar-refractivity contribution < 1.29 is 4.74 Å². The van der Waals surface area contributed by atoms with Crippen LogP contribution in [0, 0.1) is 0 Å². The van der Waals surface area contributed by atoms with Crippen LogP contribution >= 0.6 is 0 Å². The summed E-state index contributed by atoms with van der Waals surface area (Å²) in [7, 11) is 0. The van der Waals surface area contributed by atoms with Crippen molar-refractivity contribution in [2.24, 2.45) is 0 Å². The van der Waals surface area contributed by atoms with Crippen molar-refractivity contribution in [3.8, 4) is 0 Å². The highest BCUT2D eigenvalue weighted by Gasteiger charge is 2.22. The molecular weight excluding hydrogens is 388 g/mol. The van der Waals surface area contributed by atoms with E-state index in [0.29, 0.717) is 19.2 Å². The van der Waals surface area contributed by atoms with E-state index in [0.717, 1.165) is 30.1 Å². The minimum Gasteiger partial charge on any atom is -0.378 e. The number of nitrogens with zero attached hydrogens (tertiary/aromatic N) is 5. The van der Waals surface area contributed by atoms with E-state index in [-0.39, 0.29) is 12.1 Å². The largest absolute Gasteiger partial charge is 0.378 e. The average molecular weight is 417 g/mol. The Morgan fingerprint density at radius 1 is 0.968 bits per heavy atom. The van der Waals surface area contributed by atoms with Gasteiger partial charge in [-0.25, -0.2) is 4.98 Å². The molecule has 2 aromatic heterocycles. The Balaban J connectivity index is 1.56. The number of ether oxygens (including phenoxy) is 1. The smallest absolute Gasteiger partial charge is 0.227 e. The van der Waals surface area contributed by atoms with Crippen LogP contribution in [0.5, 0.6) is 0 Å². The molecule has 1 aliphatic heterocycles.